The van der Waals surface area contributed by atoms with Crippen molar-refractivity contribution in [1.29, 1.82) is 0 Å². The highest BCUT2D eigenvalue weighted by molar-refractivity contribution is 6.33. The fraction of sp³-hybridized carbons (Fsp3) is 0.458. The molecule has 1 atom stereocenters. The zero-order valence-electron chi connectivity index (χ0n) is 19.1. The maximum absolute atomic E-state index is 13.9. The first-order valence-electron chi connectivity index (χ1n) is 11.1. The number of hydrogen-bond acceptors (Lipinski definition) is 6. The van der Waals surface area contributed by atoms with Gasteiger partial charge in [-0.25, -0.2) is 9.37 Å². The number of anilines is 1. The second-order valence-electron chi connectivity index (χ2n) is 8.36. The van der Waals surface area contributed by atoms with Crippen LogP contribution in [-0.4, -0.2) is 49.3 Å². The monoisotopic (exact) mass is 493 g/mol. The molecule has 1 aliphatic carbocycles. The molecule has 0 spiro atoms. The van der Waals surface area contributed by atoms with Crippen LogP contribution in [0.4, 0.5) is 10.2 Å². The number of carboxylic acids is 1. The Bertz CT molecular complexity index is 1010. The van der Waals surface area contributed by atoms with Crippen molar-refractivity contribution in [2.45, 2.75) is 31.7 Å². The molecule has 10 heteroatoms. The van der Waals surface area contributed by atoms with E-state index in [1.807, 2.05) is 0 Å². The number of carbonyl (C=O) groups is 2. The predicted octanol–water partition coefficient (Wildman–Crippen LogP) is 4.30. The summed E-state index contributed by atoms with van der Waals surface area (Å²) in [5, 5.41) is 15.4. The van der Waals surface area contributed by atoms with E-state index in [0.29, 0.717) is 42.1 Å². The summed E-state index contributed by atoms with van der Waals surface area (Å²) in [6.07, 6.45) is 4.20. The van der Waals surface area contributed by atoms with Gasteiger partial charge in [0.25, 0.3) is 5.91 Å². The van der Waals surface area contributed by atoms with Crippen molar-refractivity contribution >= 4 is 29.3 Å². The lowest BCUT2D eigenvalue weighted by Crippen LogP contribution is -2.32. The van der Waals surface area contributed by atoms with E-state index in [9.17, 15) is 14.0 Å². The molecule has 3 rings (SSSR count). The average molecular weight is 494 g/mol. The number of carbonyl (C=O) groups excluding carboxylic acids is 1. The van der Waals surface area contributed by atoms with Crippen molar-refractivity contribution in [1.82, 2.24) is 10.3 Å². The molecule has 0 aliphatic heterocycles. The van der Waals surface area contributed by atoms with Gasteiger partial charge in [0.1, 0.15) is 17.4 Å². The lowest BCUT2D eigenvalue weighted by Gasteiger charge is -2.26. The SMILES string of the molecule is COC[C@H](Nc1ncc(C(=O)NCC2CCC(C(=O)O)CC2)cc1Cl)c1cc(F)ccc1OC. The van der Waals surface area contributed by atoms with Gasteiger partial charge in [-0.05, 0) is 55.9 Å². The number of nitrogens with zero attached hydrogens (tertiary/aromatic N) is 1. The maximum atomic E-state index is 13.9. The topological polar surface area (TPSA) is 110 Å². The molecule has 1 heterocycles. The summed E-state index contributed by atoms with van der Waals surface area (Å²) in [7, 11) is 3.02. The minimum Gasteiger partial charge on any atom is -0.496 e. The van der Waals surface area contributed by atoms with Crippen molar-refractivity contribution in [2.75, 3.05) is 32.7 Å². The number of methoxy groups -OCH3 is 2. The minimum atomic E-state index is -0.750. The number of amides is 1. The molecule has 3 N–H and O–H groups in total. The summed E-state index contributed by atoms with van der Waals surface area (Å²) in [6.45, 7) is 0.669. The summed E-state index contributed by atoms with van der Waals surface area (Å²) in [5.41, 5.74) is 0.850. The number of rotatable bonds is 10. The third-order valence-electron chi connectivity index (χ3n) is 6.06. The second-order valence-corrected chi connectivity index (χ2v) is 8.77. The molecule has 1 aliphatic rings. The van der Waals surface area contributed by atoms with Gasteiger partial charge >= 0.3 is 5.97 Å². The Morgan fingerprint density at radius 2 is 1.97 bits per heavy atom. The second kappa shape index (κ2) is 12.0. The highest BCUT2D eigenvalue weighted by Gasteiger charge is 2.26. The van der Waals surface area contributed by atoms with Crippen LogP contribution in [0.5, 0.6) is 5.75 Å². The Kier molecular flexibility index (Phi) is 9.06. The van der Waals surface area contributed by atoms with Gasteiger partial charge in [-0.15, -0.1) is 0 Å². The number of aliphatic carboxylic acids is 1. The number of carboxylic acid groups (broad SMARTS) is 1. The molecule has 1 amide bonds. The molecular weight excluding hydrogens is 465 g/mol. The molecule has 1 saturated carbocycles. The zero-order chi connectivity index (χ0) is 24.7. The number of benzene rings is 1. The first kappa shape index (κ1) is 25.7. The molecule has 8 nitrogen and oxygen atoms in total. The van der Waals surface area contributed by atoms with Gasteiger partial charge in [0.15, 0.2) is 0 Å². The summed E-state index contributed by atoms with van der Waals surface area (Å²) < 4.78 is 24.5. The van der Waals surface area contributed by atoms with Crippen LogP contribution in [0, 0.1) is 17.7 Å². The first-order valence-corrected chi connectivity index (χ1v) is 11.5. The van der Waals surface area contributed by atoms with Crippen molar-refractivity contribution in [3.8, 4) is 5.75 Å². The summed E-state index contributed by atoms with van der Waals surface area (Å²) in [5.74, 6) is -0.702. The first-order chi connectivity index (χ1) is 16.3. The highest BCUT2D eigenvalue weighted by atomic mass is 35.5. The van der Waals surface area contributed by atoms with Gasteiger partial charge in [-0.3, -0.25) is 9.59 Å². The molecule has 0 saturated heterocycles. The molecule has 1 fully saturated rings. The molecule has 0 radical (unpaired) electrons. The van der Waals surface area contributed by atoms with Crippen LogP contribution in [0.15, 0.2) is 30.5 Å². The molecule has 34 heavy (non-hydrogen) atoms. The summed E-state index contributed by atoms with van der Waals surface area (Å²) in [4.78, 5) is 28.0. The van der Waals surface area contributed by atoms with Crippen LogP contribution in [-0.2, 0) is 9.53 Å². The zero-order valence-corrected chi connectivity index (χ0v) is 19.9. The Morgan fingerprint density at radius 1 is 1.24 bits per heavy atom. The fourth-order valence-electron chi connectivity index (χ4n) is 4.14. The Balaban J connectivity index is 1.64. The van der Waals surface area contributed by atoms with Crippen LogP contribution in [0.2, 0.25) is 5.02 Å². The van der Waals surface area contributed by atoms with Crippen molar-refractivity contribution in [3.05, 3.63) is 52.4 Å². The number of aromatic nitrogens is 1. The van der Waals surface area contributed by atoms with Crippen LogP contribution in [0.3, 0.4) is 0 Å². The van der Waals surface area contributed by atoms with E-state index < -0.39 is 17.8 Å². The fourth-order valence-corrected chi connectivity index (χ4v) is 4.36. The molecular formula is C24H29ClFN3O5. The Hall–Kier alpha value is -2.91. The van der Waals surface area contributed by atoms with Gasteiger partial charge in [0.05, 0.1) is 36.3 Å². The minimum absolute atomic E-state index is 0.199. The summed E-state index contributed by atoms with van der Waals surface area (Å²) in [6, 6.07) is 5.21. The lowest BCUT2D eigenvalue weighted by molar-refractivity contribution is -0.143. The van der Waals surface area contributed by atoms with E-state index in [1.165, 1.54) is 44.7 Å². The number of ether oxygens (including phenoxy) is 2. The smallest absolute Gasteiger partial charge is 0.306 e. The van der Waals surface area contributed by atoms with Crippen LogP contribution in [0.25, 0.3) is 0 Å². The normalized spacial score (nSPS) is 18.7. The van der Waals surface area contributed by atoms with Crippen molar-refractivity contribution in [2.24, 2.45) is 11.8 Å². The average Bonchev–Trinajstić information content (AvgIpc) is 2.83. The number of pyridine rings is 1. The molecule has 1 aromatic heterocycles. The highest BCUT2D eigenvalue weighted by Crippen LogP contribution is 2.31. The molecule has 1 aromatic carbocycles. The molecule has 0 unspecified atom stereocenters. The standard InChI is InChI=1S/C24H29ClFN3O5/c1-33-13-20(18-10-17(26)7-8-21(18)34-2)29-22-19(25)9-16(12-27-22)23(30)28-11-14-3-5-15(6-4-14)24(31)32/h7-10,12,14-15,20H,3-6,11,13H2,1-2H3,(H,27,29)(H,28,30)(H,31,32)/t14?,15?,20-/m0/s1. The van der Waals surface area contributed by atoms with E-state index in [-0.39, 0.29) is 29.4 Å². The molecule has 0 bridgehead atoms. The quantitative estimate of drug-likeness (QED) is 0.452. The van der Waals surface area contributed by atoms with E-state index >= 15 is 0 Å². The van der Waals surface area contributed by atoms with E-state index in [4.69, 9.17) is 26.2 Å². The van der Waals surface area contributed by atoms with Crippen molar-refractivity contribution in [3.63, 3.8) is 0 Å². The lowest BCUT2D eigenvalue weighted by atomic mass is 9.82. The van der Waals surface area contributed by atoms with Crippen LogP contribution >= 0.6 is 11.6 Å². The van der Waals surface area contributed by atoms with Crippen LogP contribution in [0.1, 0.15) is 47.6 Å². The van der Waals surface area contributed by atoms with Gasteiger partial charge in [-0.1, -0.05) is 11.6 Å². The Morgan fingerprint density at radius 3 is 2.59 bits per heavy atom. The van der Waals surface area contributed by atoms with E-state index in [1.54, 1.807) is 0 Å². The predicted molar refractivity (Wildman–Crippen MR) is 126 cm³/mol. The third-order valence-corrected chi connectivity index (χ3v) is 6.35. The van der Waals surface area contributed by atoms with Gasteiger partial charge in [0.2, 0.25) is 0 Å². The summed E-state index contributed by atoms with van der Waals surface area (Å²) >= 11 is 6.40. The number of halogens is 2. The Labute approximate surface area is 202 Å². The van der Waals surface area contributed by atoms with E-state index in [0.717, 1.165) is 12.8 Å². The molecule has 2 aromatic rings. The van der Waals surface area contributed by atoms with Crippen LogP contribution < -0.4 is 15.4 Å². The van der Waals surface area contributed by atoms with Crippen molar-refractivity contribution < 1.29 is 28.6 Å². The van der Waals surface area contributed by atoms with Gasteiger partial charge < -0.3 is 25.2 Å². The third kappa shape index (κ3) is 6.57. The van der Waals surface area contributed by atoms with Gasteiger partial charge in [0, 0.05) is 25.4 Å². The largest absolute Gasteiger partial charge is 0.496 e. The maximum Gasteiger partial charge on any atom is 0.306 e. The number of hydrogen-bond donors (Lipinski definition) is 3. The number of nitrogens with one attached hydrogen (secondary N) is 2. The van der Waals surface area contributed by atoms with E-state index in [2.05, 4.69) is 15.6 Å². The van der Waals surface area contributed by atoms with Gasteiger partial charge in [-0.2, -0.15) is 0 Å². The molecule has 184 valence electrons.